The maximum Gasteiger partial charge on any atom is 0.234 e. The molecule has 1 aliphatic rings. The van der Waals surface area contributed by atoms with Gasteiger partial charge in [-0.1, -0.05) is 36.8 Å². The summed E-state index contributed by atoms with van der Waals surface area (Å²) in [4.78, 5) is 25.2. The van der Waals surface area contributed by atoms with Gasteiger partial charge in [0.05, 0.1) is 6.54 Å². The van der Waals surface area contributed by atoms with Crippen LogP contribution in [0.15, 0.2) is 30.3 Å². The first-order valence-electron chi connectivity index (χ1n) is 8.44. The summed E-state index contributed by atoms with van der Waals surface area (Å²) in [5.41, 5.74) is 1.33. The maximum absolute atomic E-state index is 12.1. The summed E-state index contributed by atoms with van der Waals surface area (Å²) in [5, 5.41) is 5.55. The van der Waals surface area contributed by atoms with Gasteiger partial charge in [-0.3, -0.25) is 14.5 Å². The van der Waals surface area contributed by atoms with E-state index in [0.29, 0.717) is 25.7 Å². The fourth-order valence-corrected chi connectivity index (χ4v) is 3.07. The second-order valence-corrected chi connectivity index (χ2v) is 6.14. The van der Waals surface area contributed by atoms with E-state index in [2.05, 4.69) is 39.8 Å². The summed E-state index contributed by atoms with van der Waals surface area (Å²) >= 11 is 0. The molecule has 1 aliphatic heterocycles. The molecule has 1 atom stereocenters. The van der Waals surface area contributed by atoms with Crippen LogP contribution >= 0.6 is 0 Å². The Morgan fingerprint density at radius 3 is 2.61 bits per heavy atom. The van der Waals surface area contributed by atoms with Gasteiger partial charge in [0.1, 0.15) is 0 Å². The smallest absolute Gasteiger partial charge is 0.234 e. The normalized spacial score (nSPS) is 18.4. The van der Waals surface area contributed by atoms with Gasteiger partial charge in [-0.05, 0) is 31.4 Å². The van der Waals surface area contributed by atoms with Crippen LogP contribution in [0.2, 0.25) is 0 Å². The minimum absolute atomic E-state index is 0.0373. The first-order chi connectivity index (χ1) is 11.1. The molecule has 1 saturated heterocycles. The number of benzene rings is 1. The van der Waals surface area contributed by atoms with E-state index in [1.54, 1.807) is 0 Å². The third kappa shape index (κ3) is 6.40. The molecule has 0 unspecified atom stereocenters. The zero-order valence-corrected chi connectivity index (χ0v) is 13.9. The molecule has 2 amide bonds. The van der Waals surface area contributed by atoms with E-state index in [1.807, 2.05) is 6.07 Å². The van der Waals surface area contributed by atoms with Crippen molar-refractivity contribution < 1.29 is 9.59 Å². The largest absolute Gasteiger partial charge is 0.355 e. The Morgan fingerprint density at radius 2 is 1.87 bits per heavy atom. The average Bonchev–Trinajstić information content (AvgIpc) is 2.54. The predicted octanol–water partition coefficient (Wildman–Crippen LogP) is 1.34. The molecule has 1 aromatic rings. The Hall–Kier alpha value is -1.88. The number of nitrogens with one attached hydrogen (secondary N) is 2. The molecule has 1 fully saturated rings. The van der Waals surface area contributed by atoms with Crippen LogP contribution in [0.1, 0.15) is 31.7 Å². The summed E-state index contributed by atoms with van der Waals surface area (Å²) in [7, 11) is 0. The molecule has 2 N–H and O–H groups in total. The van der Waals surface area contributed by atoms with Gasteiger partial charge in [0.25, 0.3) is 0 Å². The molecule has 5 nitrogen and oxygen atoms in total. The molecule has 2 rings (SSSR count). The minimum atomic E-state index is -0.0711. The SMILES string of the molecule is CC(=O)NCCNC(=O)CN1CCCC[C@H]1Cc1ccccc1. The maximum atomic E-state index is 12.1. The quantitative estimate of drug-likeness (QED) is 0.746. The zero-order chi connectivity index (χ0) is 16.5. The molecule has 0 radical (unpaired) electrons. The lowest BCUT2D eigenvalue weighted by Crippen LogP contribution is -2.47. The van der Waals surface area contributed by atoms with Crippen LogP contribution in [-0.4, -0.2) is 48.9 Å². The average molecular weight is 317 g/mol. The van der Waals surface area contributed by atoms with Crippen molar-refractivity contribution in [3.63, 3.8) is 0 Å². The van der Waals surface area contributed by atoms with E-state index in [4.69, 9.17) is 0 Å². The number of carbonyl (C=O) groups is 2. The van der Waals surface area contributed by atoms with E-state index >= 15 is 0 Å². The number of hydrogen-bond acceptors (Lipinski definition) is 3. The van der Waals surface area contributed by atoms with Crippen LogP contribution in [0.4, 0.5) is 0 Å². The fraction of sp³-hybridized carbons (Fsp3) is 0.556. The Kier molecular flexibility index (Phi) is 7.07. The Balaban J connectivity index is 1.79. The number of nitrogens with zero attached hydrogens (tertiary/aromatic N) is 1. The van der Waals surface area contributed by atoms with Gasteiger partial charge in [0.15, 0.2) is 0 Å². The predicted molar refractivity (Wildman–Crippen MR) is 91.1 cm³/mol. The van der Waals surface area contributed by atoms with E-state index in [-0.39, 0.29) is 11.8 Å². The zero-order valence-electron chi connectivity index (χ0n) is 13.9. The summed E-state index contributed by atoms with van der Waals surface area (Å²) in [6, 6.07) is 10.9. The van der Waals surface area contributed by atoms with Gasteiger partial charge in [0, 0.05) is 26.1 Å². The van der Waals surface area contributed by atoms with E-state index < -0.39 is 0 Å². The van der Waals surface area contributed by atoms with Gasteiger partial charge in [0.2, 0.25) is 11.8 Å². The van der Waals surface area contributed by atoms with Crippen molar-refractivity contribution >= 4 is 11.8 Å². The second-order valence-electron chi connectivity index (χ2n) is 6.14. The van der Waals surface area contributed by atoms with E-state index in [9.17, 15) is 9.59 Å². The lowest BCUT2D eigenvalue weighted by Gasteiger charge is -2.35. The summed E-state index contributed by atoms with van der Waals surface area (Å²) in [6.07, 6.45) is 4.54. The highest BCUT2D eigenvalue weighted by molar-refractivity contribution is 5.78. The van der Waals surface area contributed by atoms with E-state index in [1.165, 1.54) is 18.9 Å². The van der Waals surface area contributed by atoms with E-state index in [0.717, 1.165) is 25.8 Å². The summed E-state index contributed by atoms with van der Waals surface area (Å²) in [6.45, 7) is 3.86. The standard InChI is InChI=1S/C18H27N3O2/c1-15(22)19-10-11-20-18(23)14-21-12-6-5-9-17(21)13-16-7-3-2-4-8-16/h2-4,7-8,17H,5-6,9-14H2,1H3,(H,19,22)(H,20,23)/t17-/m0/s1. The fourth-order valence-electron chi connectivity index (χ4n) is 3.07. The molecule has 0 bridgehead atoms. The van der Waals surface area contributed by atoms with Crippen molar-refractivity contribution in [1.82, 2.24) is 15.5 Å². The van der Waals surface area contributed by atoms with Crippen molar-refractivity contribution in [1.29, 1.82) is 0 Å². The molecular formula is C18H27N3O2. The lowest BCUT2D eigenvalue weighted by molar-refractivity contribution is -0.123. The van der Waals surface area contributed by atoms with Gasteiger partial charge >= 0.3 is 0 Å². The third-order valence-electron chi connectivity index (χ3n) is 4.23. The van der Waals surface area contributed by atoms with Crippen LogP contribution < -0.4 is 10.6 Å². The lowest BCUT2D eigenvalue weighted by atomic mass is 9.95. The number of amides is 2. The Morgan fingerprint density at radius 1 is 1.13 bits per heavy atom. The van der Waals surface area contributed by atoms with Crippen molar-refractivity contribution in [3.8, 4) is 0 Å². The second kappa shape index (κ2) is 9.30. The van der Waals surface area contributed by atoms with Crippen molar-refractivity contribution in [2.45, 2.75) is 38.6 Å². The molecule has 0 aromatic heterocycles. The first-order valence-corrected chi connectivity index (χ1v) is 8.44. The van der Waals surface area contributed by atoms with Crippen LogP contribution in [0.5, 0.6) is 0 Å². The Labute approximate surface area is 138 Å². The third-order valence-corrected chi connectivity index (χ3v) is 4.23. The number of likely N-dealkylation sites (tertiary alicyclic amines) is 1. The van der Waals surface area contributed by atoms with Gasteiger partial charge in [-0.15, -0.1) is 0 Å². The molecule has 23 heavy (non-hydrogen) atoms. The monoisotopic (exact) mass is 317 g/mol. The van der Waals surface area contributed by atoms with Crippen LogP contribution in [0.25, 0.3) is 0 Å². The van der Waals surface area contributed by atoms with Gasteiger partial charge in [-0.2, -0.15) is 0 Å². The molecule has 5 heteroatoms. The highest BCUT2D eigenvalue weighted by atomic mass is 16.2. The van der Waals surface area contributed by atoms with Crippen molar-refractivity contribution in [3.05, 3.63) is 35.9 Å². The molecule has 0 spiro atoms. The molecule has 0 saturated carbocycles. The highest BCUT2D eigenvalue weighted by Gasteiger charge is 2.24. The number of piperidine rings is 1. The van der Waals surface area contributed by atoms with Gasteiger partial charge < -0.3 is 10.6 Å². The summed E-state index contributed by atoms with van der Waals surface area (Å²) in [5.74, 6) is -0.0338. The first kappa shape index (κ1) is 17.5. The topological polar surface area (TPSA) is 61.4 Å². The van der Waals surface area contributed by atoms with Crippen molar-refractivity contribution in [2.24, 2.45) is 0 Å². The number of hydrogen-bond donors (Lipinski definition) is 2. The van der Waals surface area contributed by atoms with Crippen LogP contribution in [0, 0.1) is 0 Å². The minimum Gasteiger partial charge on any atom is -0.355 e. The highest BCUT2D eigenvalue weighted by Crippen LogP contribution is 2.20. The number of rotatable bonds is 7. The molecular weight excluding hydrogens is 290 g/mol. The number of carbonyl (C=O) groups excluding carboxylic acids is 2. The molecule has 0 aliphatic carbocycles. The molecule has 1 heterocycles. The van der Waals surface area contributed by atoms with Crippen molar-refractivity contribution in [2.75, 3.05) is 26.2 Å². The van der Waals surface area contributed by atoms with Crippen LogP contribution in [0.3, 0.4) is 0 Å². The summed E-state index contributed by atoms with van der Waals surface area (Å²) < 4.78 is 0. The molecule has 126 valence electrons. The Bertz CT molecular complexity index is 504. The van der Waals surface area contributed by atoms with Crippen LogP contribution in [-0.2, 0) is 16.0 Å². The molecule has 1 aromatic carbocycles. The van der Waals surface area contributed by atoms with Gasteiger partial charge in [-0.25, -0.2) is 0 Å².